The average molecular weight is 405 g/mol. The summed E-state index contributed by atoms with van der Waals surface area (Å²) in [7, 11) is 0. The minimum atomic E-state index is -5.27. The molecule has 3 rings (SSSR count). The lowest BCUT2D eigenvalue weighted by atomic mass is 9.79. The Morgan fingerprint density at radius 2 is 1.88 bits per heavy atom. The zero-order valence-electron chi connectivity index (χ0n) is 12.9. The molecule has 0 spiro atoms. The molecule has 1 fully saturated rings. The Balaban J connectivity index is 2.13. The quantitative estimate of drug-likeness (QED) is 0.685. The van der Waals surface area contributed by atoms with Gasteiger partial charge in [-0.2, -0.15) is 13.2 Å². The minimum Gasteiger partial charge on any atom is -0.363 e. The number of Topliss-reactive ketones (excluding diaryl/α,β-unsaturated/α-hetero) is 1. The number of benzene rings is 1. The summed E-state index contributed by atoms with van der Waals surface area (Å²) in [5.74, 6) is -3.01. The Hall–Kier alpha value is -2.10. The van der Waals surface area contributed by atoms with Crippen LogP contribution in [0.2, 0.25) is 5.02 Å². The van der Waals surface area contributed by atoms with Crippen molar-refractivity contribution in [2.24, 2.45) is 5.92 Å². The number of aliphatic hydroxyl groups is 1. The van der Waals surface area contributed by atoms with Crippen molar-refractivity contribution in [1.82, 2.24) is 10.6 Å². The van der Waals surface area contributed by atoms with Gasteiger partial charge in [0.05, 0.1) is 6.04 Å². The van der Waals surface area contributed by atoms with Gasteiger partial charge in [0.25, 0.3) is 0 Å². The number of hydrogen-bond donors (Lipinski definition) is 3. The second-order valence-electron chi connectivity index (χ2n) is 5.70. The summed E-state index contributed by atoms with van der Waals surface area (Å²) in [6.07, 6.45) is -5.27. The van der Waals surface area contributed by atoms with Gasteiger partial charge in [-0.15, -0.1) is 11.3 Å². The molecule has 2 heterocycles. The third-order valence-electron chi connectivity index (χ3n) is 4.07. The van der Waals surface area contributed by atoms with E-state index >= 15 is 0 Å². The topological polar surface area (TPSA) is 78.4 Å². The van der Waals surface area contributed by atoms with Crippen molar-refractivity contribution in [3.8, 4) is 0 Å². The first-order valence-corrected chi connectivity index (χ1v) is 8.60. The molecule has 0 aliphatic carbocycles. The largest absolute Gasteiger partial charge is 0.437 e. The van der Waals surface area contributed by atoms with Gasteiger partial charge in [-0.3, -0.25) is 4.79 Å². The summed E-state index contributed by atoms with van der Waals surface area (Å²) < 4.78 is 40.9. The molecule has 0 unspecified atom stereocenters. The second kappa shape index (κ2) is 6.57. The number of amides is 2. The van der Waals surface area contributed by atoms with E-state index < -0.39 is 35.7 Å². The van der Waals surface area contributed by atoms with E-state index in [4.69, 9.17) is 11.6 Å². The molecular formula is C16H12ClF3N2O3S. The highest BCUT2D eigenvalue weighted by atomic mass is 35.5. The zero-order chi connectivity index (χ0) is 19.1. The van der Waals surface area contributed by atoms with E-state index in [0.717, 1.165) is 11.3 Å². The highest BCUT2D eigenvalue weighted by molar-refractivity contribution is 7.10. The van der Waals surface area contributed by atoms with Crippen molar-refractivity contribution in [2.75, 3.05) is 0 Å². The first-order valence-electron chi connectivity index (χ1n) is 7.34. The van der Waals surface area contributed by atoms with E-state index in [2.05, 4.69) is 5.32 Å². The van der Waals surface area contributed by atoms with Crippen LogP contribution in [-0.2, 0) is 0 Å². The van der Waals surface area contributed by atoms with Gasteiger partial charge >= 0.3 is 12.2 Å². The molecule has 5 nitrogen and oxygen atoms in total. The molecule has 2 amide bonds. The van der Waals surface area contributed by atoms with E-state index in [9.17, 15) is 27.9 Å². The molecular weight excluding hydrogens is 393 g/mol. The summed E-state index contributed by atoms with van der Waals surface area (Å²) >= 11 is 6.82. The van der Waals surface area contributed by atoms with Crippen molar-refractivity contribution in [2.45, 2.75) is 17.9 Å². The molecule has 1 aromatic heterocycles. The van der Waals surface area contributed by atoms with Crippen LogP contribution >= 0.6 is 22.9 Å². The monoisotopic (exact) mass is 404 g/mol. The van der Waals surface area contributed by atoms with Crippen LogP contribution in [-0.4, -0.2) is 28.8 Å². The van der Waals surface area contributed by atoms with Crippen molar-refractivity contribution in [3.05, 3.63) is 57.2 Å². The number of carbonyl (C=O) groups excluding carboxylic acids is 2. The number of ketones is 1. The highest BCUT2D eigenvalue weighted by Gasteiger charge is 2.66. The van der Waals surface area contributed by atoms with Crippen LogP contribution in [0.5, 0.6) is 0 Å². The van der Waals surface area contributed by atoms with Crippen LogP contribution in [0.25, 0.3) is 0 Å². The minimum absolute atomic E-state index is 0.0680. The van der Waals surface area contributed by atoms with Gasteiger partial charge in [0.15, 0.2) is 5.78 Å². The van der Waals surface area contributed by atoms with Gasteiger partial charge in [-0.25, -0.2) is 4.79 Å². The van der Waals surface area contributed by atoms with Crippen LogP contribution in [0.15, 0.2) is 41.8 Å². The number of urea groups is 1. The number of nitrogens with one attached hydrogen (secondary N) is 2. The molecule has 1 aliphatic heterocycles. The number of halogens is 4. The predicted molar refractivity (Wildman–Crippen MR) is 89.0 cm³/mol. The SMILES string of the molecule is O=C1N[C@@H](c2cccs2)[C@@H](C(=O)c2ccc(Cl)cc2)[C@@](O)(C(F)(F)F)N1. The van der Waals surface area contributed by atoms with Crippen LogP contribution in [0.1, 0.15) is 21.3 Å². The third kappa shape index (κ3) is 3.17. The fourth-order valence-corrected chi connectivity index (χ4v) is 3.78. The van der Waals surface area contributed by atoms with Gasteiger partial charge in [0.1, 0.15) is 5.92 Å². The standard InChI is InChI=1S/C16H12ClF3N2O3S/c17-9-5-3-8(4-6-9)13(23)11-12(10-2-1-7-26-10)21-14(24)22-15(11,25)16(18,19)20/h1-7,11-12,25H,(H2,21,22,24)/t11-,12-,15+/m0/s1. The number of rotatable bonds is 3. The van der Waals surface area contributed by atoms with Crippen molar-refractivity contribution < 1.29 is 27.9 Å². The highest BCUT2D eigenvalue weighted by Crippen LogP contribution is 2.44. The molecule has 0 radical (unpaired) electrons. The number of carbonyl (C=O) groups is 2. The smallest absolute Gasteiger partial charge is 0.363 e. The molecule has 1 saturated heterocycles. The van der Waals surface area contributed by atoms with Gasteiger partial charge in [-0.1, -0.05) is 17.7 Å². The van der Waals surface area contributed by atoms with E-state index in [1.54, 1.807) is 11.4 Å². The molecule has 2 aromatic rings. The van der Waals surface area contributed by atoms with Gasteiger partial charge in [0, 0.05) is 15.5 Å². The Morgan fingerprint density at radius 1 is 1.23 bits per heavy atom. The van der Waals surface area contributed by atoms with Crippen molar-refractivity contribution in [1.29, 1.82) is 0 Å². The maximum absolute atomic E-state index is 13.6. The summed E-state index contributed by atoms with van der Waals surface area (Å²) in [5, 5.41) is 16.0. The number of hydrogen-bond acceptors (Lipinski definition) is 4. The summed E-state index contributed by atoms with van der Waals surface area (Å²) in [4.78, 5) is 25.0. The molecule has 1 aliphatic rings. The molecule has 138 valence electrons. The van der Waals surface area contributed by atoms with Gasteiger partial charge in [0.2, 0.25) is 5.72 Å². The first-order chi connectivity index (χ1) is 12.1. The Morgan fingerprint density at radius 3 is 2.42 bits per heavy atom. The molecule has 3 atom stereocenters. The summed E-state index contributed by atoms with van der Waals surface area (Å²) in [6.45, 7) is 0. The fourth-order valence-electron chi connectivity index (χ4n) is 2.84. The molecule has 1 aromatic carbocycles. The maximum Gasteiger partial charge on any atom is 0.437 e. The van der Waals surface area contributed by atoms with Crippen LogP contribution in [0.4, 0.5) is 18.0 Å². The van der Waals surface area contributed by atoms with Crippen molar-refractivity contribution in [3.63, 3.8) is 0 Å². The van der Waals surface area contributed by atoms with Crippen LogP contribution < -0.4 is 10.6 Å². The Bertz CT molecular complexity index is 826. The second-order valence-corrected chi connectivity index (χ2v) is 7.12. The Labute approximate surface area is 154 Å². The summed E-state index contributed by atoms with van der Waals surface area (Å²) in [5.41, 5.74) is -3.79. The van der Waals surface area contributed by atoms with E-state index in [-0.39, 0.29) is 5.56 Å². The average Bonchev–Trinajstić information content (AvgIpc) is 3.07. The molecule has 10 heteroatoms. The molecule has 26 heavy (non-hydrogen) atoms. The molecule has 0 bridgehead atoms. The third-order valence-corrected chi connectivity index (χ3v) is 5.27. The number of thiophene rings is 1. The summed E-state index contributed by atoms with van der Waals surface area (Å²) in [6, 6.07) is 5.74. The fraction of sp³-hybridized carbons (Fsp3) is 0.250. The van der Waals surface area contributed by atoms with E-state index in [0.29, 0.717) is 9.90 Å². The van der Waals surface area contributed by atoms with E-state index in [1.807, 2.05) is 0 Å². The molecule has 0 saturated carbocycles. The van der Waals surface area contributed by atoms with Crippen LogP contribution in [0, 0.1) is 5.92 Å². The first kappa shape index (κ1) is 18.7. The lowest BCUT2D eigenvalue weighted by Gasteiger charge is -2.44. The maximum atomic E-state index is 13.6. The van der Waals surface area contributed by atoms with Gasteiger partial charge < -0.3 is 15.7 Å². The number of alkyl halides is 3. The predicted octanol–water partition coefficient (Wildman–Crippen LogP) is 3.51. The zero-order valence-corrected chi connectivity index (χ0v) is 14.5. The van der Waals surface area contributed by atoms with E-state index in [1.165, 1.54) is 35.6 Å². The lowest BCUT2D eigenvalue weighted by Crippen LogP contribution is -2.72. The Kier molecular flexibility index (Phi) is 4.72. The molecule has 3 N–H and O–H groups in total. The van der Waals surface area contributed by atoms with Crippen LogP contribution in [0.3, 0.4) is 0 Å². The lowest BCUT2D eigenvalue weighted by molar-refractivity contribution is -0.287. The normalized spacial score (nSPS) is 26.1. The van der Waals surface area contributed by atoms with Crippen molar-refractivity contribution >= 4 is 34.8 Å². The van der Waals surface area contributed by atoms with Gasteiger partial charge in [-0.05, 0) is 35.7 Å².